The highest BCUT2D eigenvalue weighted by Crippen LogP contribution is 2.31. The summed E-state index contributed by atoms with van der Waals surface area (Å²) in [5, 5.41) is 1.07. The predicted octanol–water partition coefficient (Wildman–Crippen LogP) is 2.15. The summed E-state index contributed by atoms with van der Waals surface area (Å²) in [6.07, 6.45) is 1.50. The normalized spacial score (nSPS) is 21.2. The molecule has 0 saturated carbocycles. The van der Waals surface area contributed by atoms with E-state index in [9.17, 15) is 4.79 Å². The average molecular weight is 286 g/mol. The minimum Gasteiger partial charge on any atom is -0.351 e. The van der Waals surface area contributed by atoms with Gasteiger partial charge in [0.15, 0.2) is 5.79 Å². The zero-order valence-corrected chi connectivity index (χ0v) is 11.8. The molecule has 2 aromatic rings. The van der Waals surface area contributed by atoms with E-state index in [0.717, 1.165) is 23.7 Å². The second-order valence-electron chi connectivity index (χ2n) is 5.67. The number of fused-ring (bicyclic) bond motifs is 1. The number of benzene rings is 1. The molecule has 1 aromatic carbocycles. The molecule has 0 aliphatic carbocycles. The van der Waals surface area contributed by atoms with Crippen LogP contribution in [0.4, 0.5) is 0 Å². The molecular weight excluding hydrogens is 268 g/mol. The van der Waals surface area contributed by atoms with Gasteiger partial charge in [0, 0.05) is 36.8 Å². The van der Waals surface area contributed by atoms with Crippen molar-refractivity contribution < 1.29 is 14.3 Å². The van der Waals surface area contributed by atoms with Crippen molar-refractivity contribution in [2.75, 3.05) is 26.3 Å². The number of hydrogen-bond donors (Lipinski definition) is 1. The van der Waals surface area contributed by atoms with Crippen molar-refractivity contribution in [3.8, 4) is 0 Å². The maximum atomic E-state index is 12.6. The highest BCUT2D eigenvalue weighted by Gasteiger charge is 2.40. The van der Waals surface area contributed by atoms with Crippen molar-refractivity contribution in [1.82, 2.24) is 9.88 Å². The number of rotatable bonds is 1. The third kappa shape index (κ3) is 2.22. The zero-order chi connectivity index (χ0) is 14.3. The largest absolute Gasteiger partial charge is 0.351 e. The third-order valence-electron chi connectivity index (χ3n) is 4.39. The Hall–Kier alpha value is -1.85. The van der Waals surface area contributed by atoms with E-state index >= 15 is 0 Å². The van der Waals surface area contributed by atoms with E-state index in [0.29, 0.717) is 32.0 Å². The van der Waals surface area contributed by atoms with Gasteiger partial charge in [-0.25, -0.2) is 0 Å². The molecule has 110 valence electrons. The molecular formula is C16H18N2O3. The van der Waals surface area contributed by atoms with Gasteiger partial charge in [-0.05, 0) is 12.1 Å². The first-order valence-electron chi connectivity index (χ1n) is 7.41. The number of aromatic nitrogens is 1. The number of piperidine rings is 1. The number of aromatic amines is 1. The Morgan fingerprint density at radius 1 is 1.14 bits per heavy atom. The van der Waals surface area contributed by atoms with Gasteiger partial charge in [-0.2, -0.15) is 0 Å². The molecule has 0 unspecified atom stereocenters. The molecule has 2 aliphatic rings. The molecule has 21 heavy (non-hydrogen) atoms. The van der Waals surface area contributed by atoms with Crippen molar-refractivity contribution in [1.29, 1.82) is 0 Å². The number of amides is 1. The smallest absolute Gasteiger partial charge is 0.270 e. The van der Waals surface area contributed by atoms with E-state index in [1.54, 1.807) is 0 Å². The van der Waals surface area contributed by atoms with Crippen LogP contribution >= 0.6 is 0 Å². The Kier molecular flexibility index (Phi) is 2.97. The summed E-state index contributed by atoms with van der Waals surface area (Å²) in [5.41, 5.74) is 1.65. The van der Waals surface area contributed by atoms with E-state index in [1.807, 2.05) is 35.2 Å². The SMILES string of the molecule is O=C(c1cc2ccccc2[nH]1)N1CCC2(CC1)OCCO2. The van der Waals surface area contributed by atoms with Crippen LogP contribution in [0.3, 0.4) is 0 Å². The maximum absolute atomic E-state index is 12.6. The molecule has 4 rings (SSSR count). The monoisotopic (exact) mass is 286 g/mol. The molecule has 1 N–H and O–H groups in total. The molecule has 1 aromatic heterocycles. The fourth-order valence-electron chi connectivity index (χ4n) is 3.20. The van der Waals surface area contributed by atoms with Gasteiger partial charge in [0.25, 0.3) is 5.91 Å². The fraction of sp³-hybridized carbons (Fsp3) is 0.438. The number of carbonyl (C=O) groups is 1. The number of H-pyrrole nitrogens is 1. The van der Waals surface area contributed by atoms with Crippen molar-refractivity contribution >= 4 is 16.8 Å². The van der Waals surface area contributed by atoms with Crippen LogP contribution in [0.1, 0.15) is 23.3 Å². The van der Waals surface area contributed by atoms with Gasteiger partial charge in [0.2, 0.25) is 0 Å². The molecule has 0 bridgehead atoms. The minimum atomic E-state index is -0.433. The highest BCUT2D eigenvalue weighted by molar-refractivity contribution is 5.98. The van der Waals surface area contributed by atoms with Gasteiger partial charge >= 0.3 is 0 Å². The molecule has 5 heteroatoms. The van der Waals surface area contributed by atoms with Crippen LogP contribution < -0.4 is 0 Å². The van der Waals surface area contributed by atoms with Crippen LogP contribution in [0.25, 0.3) is 10.9 Å². The van der Waals surface area contributed by atoms with Crippen LogP contribution in [0.15, 0.2) is 30.3 Å². The molecule has 1 amide bonds. The van der Waals surface area contributed by atoms with E-state index < -0.39 is 5.79 Å². The van der Waals surface area contributed by atoms with Gasteiger partial charge in [-0.3, -0.25) is 4.79 Å². The summed E-state index contributed by atoms with van der Waals surface area (Å²) >= 11 is 0. The second-order valence-corrected chi connectivity index (χ2v) is 5.67. The lowest BCUT2D eigenvalue weighted by molar-refractivity contribution is -0.181. The van der Waals surface area contributed by atoms with Crippen LogP contribution in [0.2, 0.25) is 0 Å². The number of hydrogen-bond acceptors (Lipinski definition) is 3. The summed E-state index contributed by atoms with van der Waals surface area (Å²) in [6.45, 7) is 2.67. The summed E-state index contributed by atoms with van der Waals surface area (Å²) in [6, 6.07) is 9.85. The molecule has 5 nitrogen and oxygen atoms in total. The maximum Gasteiger partial charge on any atom is 0.270 e. The molecule has 3 heterocycles. The van der Waals surface area contributed by atoms with Crippen molar-refractivity contribution in [2.24, 2.45) is 0 Å². The lowest BCUT2D eigenvalue weighted by Crippen LogP contribution is -2.47. The van der Waals surface area contributed by atoms with Crippen LogP contribution in [0.5, 0.6) is 0 Å². The van der Waals surface area contributed by atoms with Gasteiger partial charge in [-0.1, -0.05) is 18.2 Å². The molecule has 0 atom stereocenters. The number of carbonyl (C=O) groups excluding carboxylic acids is 1. The fourth-order valence-corrected chi connectivity index (χ4v) is 3.20. The van der Waals surface area contributed by atoms with Gasteiger partial charge in [0.1, 0.15) is 5.69 Å². The average Bonchev–Trinajstić information content (AvgIpc) is 3.14. The number of nitrogens with zero attached hydrogens (tertiary/aromatic N) is 1. The number of nitrogens with one attached hydrogen (secondary N) is 1. The quantitative estimate of drug-likeness (QED) is 0.874. The standard InChI is InChI=1S/C16H18N2O3/c19-15(14-11-12-3-1-2-4-13(12)17-14)18-7-5-16(6-8-18)20-9-10-21-16/h1-4,11,17H,5-10H2. The summed E-state index contributed by atoms with van der Waals surface area (Å²) in [4.78, 5) is 17.7. The first-order chi connectivity index (χ1) is 10.3. The Morgan fingerprint density at radius 2 is 1.86 bits per heavy atom. The Bertz CT molecular complexity index is 630. The predicted molar refractivity (Wildman–Crippen MR) is 78.1 cm³/mol. The van der Waals surface area contributed by atoms with Crippen molar-refractivity contribution in [3.63, 3.8) is 0 Å². The summed E-state index contributed by atoms with van der Waals surface area (Å²) in [7, 11) is 0. The van der Waals surface area contributed by atoms with Crippen molar-refractivity contribution in [3.05, 3.63) is 36.0 Å². The zero-order valence-electron chi connectivity index (χ0n) is 11.8. The van der Waals surface area contributed by atoms with Crippen LogP contribution in [-0.4, -0.2) is 47.9 Å². The van der Waals surface area contributed by atoms with Crippen LogP contribution in [0, 0.1) is 0 Å². The Labute approximate surface area is 122 Å². The Morgan fingerprint density at radius 3 is 2.57 bits per heavy atom. The van der Waals surface area contributed by atoms with Gasteiger partial charge in [0.05, 0.1) is 13.2 Å². The van der Waals surface area contributed by atoms with E-state index in [4.69, 9.17) is 9.47 Å². The Balaban J connectivity index is 1.50. The molecule has 0 radical (unpaired) electrons. The van der Waals surface area contributed by atoms with E-state index in [2.05, 4.69) is 4.98 Å². The summed E-state index contributed by atoms with van der Waals surface area (Å²) < 4.78 is 11.4. The van der Waals surface area contributed by atoms with Crippen LogP contribution in [-0.2, 0) is 9.47 Å². The van der Waals surface area contributed by atoms with Gasteiger partial charge < -0.3 is 19.4 Å². The molecule has 2 saturated heterocycles. The lowest BCUT2D eigenvalue weighted by Gasteiger charge is -2.37. The second kappa shape index (κ2) is 4.86. The molecule has 2 fully saturated rings. The number of ether oxygens (including phenoxy) is 2. The first-order valence-corrected chi connectivity index (χ1v) is 7.41. The summed E-state index contributed by atoms with van der Waals surface area (Å²) in [5.74, 6) is -0.379. The topological polar surface area (TPSA) is 54.6 Å². The van der Waals surface area contributed by atoms with Crippen molar-refractivity contribution in [2.45, 2.75) is 18.6 Å². The number of para-hydroxylation sites is 1. The minimum absolute atomic E-state index is 0.0547. The van der Waals surface area contributed by atoms with E-state index in [1.165, 1.54) is 0 Å². The number of likely N-dealkylation sites (tertiary alicyclic amines) is 1. The third-order valence-corrected chi connectivity index (χ3v) is 4.39. The first kappa shape index (κ1) is 12.9. The molecule has 1 spiro atoms. The highest BCUT2D eigenvalue weighted by atomic mass is 16.7. The van der Waals surface area contributed by atoms with E-state index in [-0.39, 0.29) is 5.91 Å². The molecule has 2 aliphatic heterocycles. The van der Waals surface area contributed by atoms with Gasteiger partial charge in [-0.15, -0.1) is 0 Å². The lowest BCUT2D eigenvalue weighted by atomic mass is 10.0.